The molecule has 0 saturated carbocycles. The van der Waals surface area contributed by atoms with Crippen molar-refractivity contribution in [2.45, 2.75) is 18.6 Å². The molecule has 3 fully saturated rings. The summed E-state index contributed by atoms with van der Waals surface area (Å²) in [7, 11) is 0. The average molecular weight is 602 g/mol. The van der Waals surface area contributed by atoms with E-state index in [0.29, 0.717) is 74.3 Å². The molecule has 2 aromatic carbocycles. The number of fused-ring (bicyclic) bond motifs is 2. The first-order valence-corrected chi connectivity index (χ1v) is 14.1. The van der Waals surface area contributed by atoms with Gasteiger partial charge in [0.1, 0.15) is 23.7 Å². The van der Waals surface area contributed by atoms with E-state index in [1.165, 1.54) is 30.6 Å². The third kappa shape index (κ3) is 6.63. The number of ether oxygens (including phenoxy) is 4. The summed E-state index contributed by atoms with van der Waals surface area (Å²) in [6.07, 6.45) is 3.40. The molecule has 13 heteroatoms. The van der Waals surface area contributed by atoms with Crippen LogP contribution in [0.15, 0.2) is 48.6 Å². The van der Waals surface area contributed by atoms with Crippen LogP contribution in [-0.4, -0.2) is 85.7 Å². The summed E-state index contributed by atoms with van der Waals surface area (Å²) in [6.45, 7) is 4.16. The molecule has 6 rings (SSSR count). The van der Waals surface area contributed by atoms with Crippen molar-refractivity contribution in [1.29, 1.82) is 0 Å². The Balaban J connectivity index is 1.23. The number of nitrogens with one attached hydrogen (secondary N) is 2. The predicted molar refractivity (Wildman–Crippen MR) is 152 cm³/mol. The Bertz CT molecular complexity index is 1470. The van der Waals surface area contributed by atoms with Gasteiger partial charge in [-0.05, 0) is 36.8 Å². The number of rotatable bonds is 9. The van der Waals surface area contributed by atoms with Gasteiger partial charge in [0.05, 0.1) is 54.9 Å². The Labute approximate surface area is 245 Å². The lowest BCUT2D eigenvalue weighted by molar-refractivity contribution is -0.116. The molecule has 3 aromatic rings. The number of benzene rings is 2. The molecule has 10 nitrogen and oxygen atoms in total. The van der Waals surface area contributed by atoms with Crippen LogP contribution in [0.4, 0.5) is 26.0 Å². The lowest BCUT2D eigenvalue weighted by atomic mass is 10.1. The number of carbonyl (C=O) groups excluding carboxylic acids is 1. The van der Waals surface area contributed by atoms with Crippen LogP contribution >= 0.6 is 11.6 Å². The highest BCUT2D eigenvalue weighted by atomic mass is 35.5. The Hall–Kier alpha value is -3.42. The number of nitrogens with zero attached hydrogens (tertiary/aromatic N) is 3. The van der Waals surface area contributed by atoms with Crippen LogP contribution in [0.2, 0.25) is 5.02 Å². The predicted octanol–water partition coefficient (Wildman–Crippen LogP) is 4.47. The molecule has 222 valence electrons. The highest BCUT2D eigenvalue weighted by Crippen LogP contribution is 2.35. The van der Waals surface area contributed by atoms with Crippen molar-refractivity contribution in [2.75, 3.05) is 63.3 Å². The van der Waals surface area contributed by atoms with Crippen LogP contribution in [-0.2, 0) is 19.0 Å². The molecule has 3 atom stereocenters. The zero-order valence-electron chi connectivity index (χ0n) is 22.7. The van der Waals surface area contributed by atoms with Crippen molar-refractivity contribution in [3.05, 3.63) is 59.4 Å². The van der Waals surface area contributed by atoms with E-state index in [-0.39, 0.29) is 35.4 Å². The minimum absolute atomic E-state index is 0.0393. The van der Waals surface area contributed by atoms with Gasteiger partial charge in [0.2, 0.25) is 0 Å². The minimum Gasteiger partial charge on any atom is -0.491 e. The Morgan fingerprint density at radius 1 is 1.14 bits per heavy atom. The van der Waals surface area contributed by atoms with Crippen molar-refractivity contribution < 1.29 is 32.5 Å². The van der Waals surface area contributed by atoms with Crippen LogP contribution in [0.5, 0.6) is 5.75 Å². The highest BCUT2D eigenvalue weighted by molar-refractivity contribution is 6.31. The van der Waals surface area contributed by atoms with Crippen LogP contribution in [0, 0.1) is 11.7 Å². The van der Waals surface area contributed by atoms with Crippen molar-refractivity contribution in [2.24, 2.45) is 5.92 Å². The first-order chi connectivity index (χ1) is 20.4. The van der Waals surface area contributed by atoms with Gasteiger partial charge in [-0.25, -0.2) is 18.7 Å². The monoisotopic (exact) mass is 601 g/mol. The molecule has 3 saturated heterocycles. The van der Waals surface area contributed by atoms with E-state index in [2.05, 4.69) is 20.6 Å². The van der Waals surface area contributed by atoms with E-state index in [9.17, 15) is 9.18 Å². The second kappa shape index (κ2) is 12.8. The van der Waals surface area contributed by atoms with E-state index in [0.717, 1.165) is 6.42 Å². The summed E-state index contributed by atoms with van der Waals surface area (Å²) < 4.78 is 51.7. The molecular weight excluding hydrogens is 572 g/mol. The van der Waals surface area contributed by atoms with Gasteiger partial charge < -0.3 is 29.6 Å². The van der Waals surface area contributed by atoms with Crippen LogP contribution in [0.3, 0.4) is 0 Å². The summed E-state index contributed by atoms with van der Waals surface area (Å²) in [5.41, 5.74) is 1.27. The molecule has 0 radical (unpaired) electrons. The van der Waals surface area contributed by atoms with Crippen molar-refractivity contribution in [1.82, 2.24) is 14.9 Å². The number of aromatic nitrogens is 2. The van der Waals surface area contributed by atoms with Gasteiger partial charge in [0.15, 0.2) is 5.83 Å². The van der Waals surface area contributed by atoms with Gasteiger partial charge >= 0.3 is 0 Å². The maximum Gasteiger partial charge on any atom is 0.284 e. The third-order valence-corrected chi connectivity index (χ3v) is 7.74. The topological polar surface area (TPSA) is 107 Å². The number of anilines is 3. The molecule has 1 aromatic heterocycles. The molecule has 0 unspecified atom stereocenters. The van der Waals surface area contributed by atoms with Gasteiger partial charge in [-0.3, -0.25) is 9.69 Å². The number of likely N-dealkylation sites (tertiary alicyclic amines) is 1. The fourth-order valence-electron chi connectivity index (χ4n) is 5.20. The number of hydrogen-bond donors (Lipinski definition) is 2. The van der Waals surface area contributed by atoms with Crippen molar-refractivity contribution >= 4 is 45.6 Å². The molecule has 1 amide bonds. The van der Waals surface area contributed by atoms with Crippen LogP contribution < -0.4 is 15.4 Å². The lowest BCUT2D eigenvalue weighted by Crippen LogP contribution is -2.36. The molecule has 0 aliphatic carbocycles. The first kappa shape index (κ1) is 28.7. The van der Waals surface area contributed by atoms with Crippen molar-refractivity contribution in [3.63, 3.8) is 0 Å². The third-order valence-electron chi connectivity index (χ3n) is 7.45. The molecule has 42 heavy (non-hydrogen) atoms. The van der Waals surface area contributed by atoms with E-state index in [1.54, 1.807) is 12.1 Å². The van der Waals surface area contributed by atoms with Gasteiger partial charge in [0.25, 0.3) is 5.91 Å². The Kier molecular flexibility index (Phi) is 8.77. The largest absolute Gasteiger partial charge is 0.491 e. The van der Waals surface area contributed by atoms with E-state index >= 15 is 4.39 Å². The second-order valence-corrected chi connectivity index (χ2v) is 10.8. The fraction of sp³-hybridized carbons (Fsp3) is 0.414. The van der Waals surface area contributed by atoms with Gasteiger partial charge in [-0.15, -0.1) is 0 Å². The van der Waals surface area contributed by atoms with Crippen molar-refractivity contribution in [3.8, 4) is 5.75 Å². The summed E-state index contributed by atoms with van der Waals surface area (Å²) in [6, 6.07) is 7.48. The standard InChI is InChI=1S/C29H30ClF2N5O5/c30-20-9-18(1-2-21(20)31)35-28-19-10-24(25(11-23(19)33-16-34-28)42-15-17-4-6-39-14-17)36-29(38)22(32)3-5-37-12-26-27(13-37)41-8-7-40-26/h1-3,9-11,16-17,26-27H,4-8,12-15H2,(H,36,38)(H,33,34,35)/b22-3+/t17-,26-,27-/m0/s1. The minimum atomic E-state index is -0.925. The number of halogens is 3. The van der Waals surface area contributed by atoms with Gasteiger partial charge in [-0.2, -0.15) is 0 Å². The molecule has 2 N–H and O–H groups in total. The second-order valence-electron chi connectivity index (χ2n) is 10.4. The maximum atomic E-state index is 15.0. The molecule has 4 heterocycles. The Morgan fingerprint density at radius 3 is 2.69 bits per heavy atom. The molecule has 0 bridgehead atoms. The maximum absolute atomic E-state index is 15.0. The zero-order chi connectivity index (χ0) is 29.1. The smallest absolute Gasteiger partial charge is 0.284 e. The number of amides is 1. The number of hydrogen-bond acceptors (Lipinski definition) is 9. The summed E-state index contributed by atoms with van der Waals surface area (Å²) in [4.78, 5) is 23.6. The fourth-order valence-corrected chi connectivity index (χ4v) is 5.38. The molecule has 3 aliphatic rings. The first-order valence-electron chi connectivity index (χ1n) is 13.8. The zero-order valence-corrected chi connectivity index (χ0v) is 23.4. The molecule has 3 aliphatic heterocycles. The van der Waals surface area contributed by atoms with E-state index in [4.69, 9.17) is 30.5 Å². The van der Waals surface area contributed by atoms with Gasteiger partial charge in [-0.1, -0.05) is 11.6 Å². The summed E-state index contributed by atoms with van der Waals surface area (Å²) >= 11 is 5.94. The van der Waals surface area contributed by atoms with Gasteiger partial charge in [0, 0.05) is 49.3 Å². The van der Waals surface area contributed by atoms with E-state index < -0.39 is 17.6 Å². The SMILES string of the molecule is O=C(Nc1cc2c(Nc3ccc(F)c(Cl)c3)ncnc2cc1OC[C@H]1CCOC1)/C(F)=C\CN1C[C@@H]2OCCO[C@H]2C1. The summed E-state index contributed by atoms with van der Waals surface area (Å²) in [5.74, 6) is -1.47. The molecular formula is C29H30ClF2N5O5. The molecule has 0 spiro atoms. The lowest BCUT2D eigenvalue weighted by Gasteiger charge is -2.24. The quantitative estimate of drug-likeness (QED) is 0.344. The average Bonchev–Trinajstić information content (AvgIpc) is 3.67. The number of carbonyl (C=O) groups is 1. The normalized spacial score (nSPS) is 22.7. The Morgan fingerprint density at radius 2 is 1.95 bits per heavy atom. The van der Waals surface area contributed by atoms with Crippen LogP contribution in [0.25, 0.3) is 10.9 Å². The van der Waals surface area contributed by atoms with E-state index in [1.807, 2.05) is 4.90 Å². The summed E-state index contributed by atoms with van der Waals surface area (Å²) in [5, 5.41) is 6.23. The van der Waals surface area contributed by atoms with Crippen LogP contribution in [0.1, 0.15) is 6.42 Å². The highest BCUT2D eigenvalue weighted by Gasteiger charge is 2.36.